The highest BCUT2D eigenvalue weighted by atomic mass is 79.9. The maximum Gasteiger partial charge on any atom is 0.251 e. The van der Waals surface area contributed by atoms with Gasteiger partial charge < -0.3 is 9.88 Å². The number of halogens is 1. The molecule has 3 aliphatic heterocycles. The second kappa shape index (κ2) is 5.17. The highest BCUT2D eigenvalue weighted by Crippen LogP contribution is 2.33. The molecule has 4 heterocycles. The van der Waals surface area contributed by atoms with Gasteiger partial charge in [0.1, 0.15) is 11.6 Å². The molecule has 110 valence electrons. The fraction of sp³-hybridized carbons (Fsp3) is 0.200. The van der Waals surface area contributed by atoms with E-state index in [0.29, 0.717) is 5.62 Å². The molecule has 3 aliphatic rings. The predicted molar refractivity (Wildman–Crippen MR) is 87.0 cm³/mol. The van der Waals surface area contributed by atoms with Crippen LogP contribution in [-0.4, -0.2) is 26.1 Å². The van der Waals surface area contributed by atoms with Crippen LogP contribution in [0.1, 0.15) is 5.69 Å². The van der Waals surface area contributed by atoms with Crippen molar-refractivity contribution in [2.24, 2.45) is 4.99 Å². The number of nitrogens with zero attached hydrogens (tertiary/aromatic N) is 5. The number of pyridine rings is 2. The molecule has 0 saturated heterocycles. The fourth-order valence-corrected chi connectivity index (χ4v) is 3.11. The molecule has 0 spiro atoms. The van der Waals surface area contributed by atoms with E-state index in [4.69, 9.17) is 0 Å². The van der Waals surface area contributed by atoms with Crippen molar-refractivity contribution in [1.82, 2.24) is 19.5 Å². The van der Waals surface area contributed by atoms with Crippen molar-refractivity contribution in [3.8, 4) is 11.4 Å². The van der Waals surface area contributed by atoms with Gasteiger partial charge in [0.2, 0.25) is 0 Å². The lowest BCUT2D eigenvalue weighted by Crippen LogP contribution is -2.17. The summed E-state index contributed by atoms with van der Waals surface area (Å²) in [5.41, 5.74) is 3.15. The van der Waals surface area contributed by atoms with Crippen molar-refractivity contribution < 1.29 is 0 Å². The molecule has 4 rings (SSSR count). The van der Waals surface area contributed by atoms with Crippen LogP contribution < -0.4 is 10.9 Å². The van der Waals surface area contributed by atoms with E-state index < -0.39 is 0 Å². The van der Waals surface area contributed by atoms with Crippen molar-refractivity contribution in [3.05, 3.63) is 46.4 Å². The molecule has 0 unspecified atom stereocenters. The van der Waals surface area contributed by atoms with Crippen molar-refractivity contribution in [1.29, 1.82) is 0 Å². The number of hydrogen-bond donors (Lipinski definition) is 1. The zero-order valence-electron chi connectivity index (χ0n) is 11.9. The Hall–Kier alpha value is -2.28. The molecule has 1 N–H and O–H groups in total. The highest BCUT2D eigenvalue weighted by Gasteiger charge is 2.19. The first-order valence-corrected chi connectivity index (χ1v) is 7.77. The van der Waals surface area contributed by atoms with Crippen molar-refractivity contribution in [2.75, 3.05) is 11.9 Å². The van der Waals surface area contributed by atoms with Gasteiger partial charge in [0, 0.05) is 30.5 Å². The Labute approximate surface area is 135 Å². The number of aryl methyl sites for hydroxylation is 1. The number of anilines is 1. The quantitative estimate of drug-likeness (QED) is 0.727. The maximum absolute atomic E-state index is 4.60. The van der Waals surface area contributed by atoms with Crippen molar-refractivity contribution in [3.63, 3.8) is 0 Å². The van der Waals surface area contributed by atoms with E-state index in [1.165, 1.54) is 0 Å². The van der Waals surface area contributed by atoms with Crippen LogP contribution in [0.15, 0.2) is 40.1 Å². The van der Waals surface area contributed by atoms with Crippen LogP contribution in [0.5, 0.6) is 0 Å². The Morgan fingerprint density at radius 1 is 1.27 bits per heavy atom. The molecule has 0 aliphatic carbocycles. The third kappa shape index (κ3) is 2.27. The number of fused-ring (bicyclic) bond motifs is 3. The van der Waals surface area contributed by atoms with Gasteiger partial charge in [-0.15, -0.1) is 0 Å². The Kier molecular flexibility index (Phi) is 3.15. The van der Waals surface area contributed by atoms with Gasteiger partial charge in [-0.25, -0.2) is 9.98 Å². The lowest BCUT2D eigenvalue weighted by Gasteiger charge is -2.13. The van der Waals surface area contributed by atoms with Crippen molar-refractivity contribution in [2.45, 2.75) is 13.5 Å². The summed E-state index contributed by atoms with van der Waals surface area (Å²) in [6.07, 6.45) is 3.53. The van der Waals surface area contributed by atoms with E-state index in [0.717, 1.165) is 46.1 Å². The molecular weight excluding hydrogens is 344 g/mol. The van der Waals surface area contributed by atoms with Crippen LogP contribution in [0.2, 0.25) is 0 Å². The van der Waals surface area contributed by atoms with E-state index >= 15 is 0 Å². The van der Waals surface area contributed by atoms with Crippen LogP contribution in [0.4, 0.5) is 11.5 Å². The summed E-state index contributed by atoms with van der Waals surface area (Å²) in [6.45, 7) is 3.73. The first-order valence-electron chi connectivity index (χ1n) is 6.98. The minimum atomic E-state index is 0.446. The minimum absolute atomic E-state index is 0.446. The normalized spacial score (nSPS) is 14.2. The Bertz CT molecular complexity index is 884. The Morgan fingerprint density at radius 2 is 2.18 bits per heavy atom. The summed E-state index contributed by atoms with van der Waals surface area (Å²) < 4.78 is 3.17. The van der Waals surface area contributed by atoms with Gasteiger partial charge >= 0.3 is 0 Å². The third-order valence-electron chi connectivity index (χ3n) is 3.57. The first kappa shape index (κ1) is 13.4. The fourth-order valence-electron chi connectivity index (χ4n) is 2.51. The zero-order chi connectivity index (χ0) is 15.1. The zero-order valence-corrected chi connectivity index (χ0v) is 13.5. The van der Waals surface area contributed by atoms with Gasteiger partial charge in [0.05, 0.1) is 16.4 Å². The second-order valence-electron chi connectivity index (χ2n) is 5.14. The standard InChI is InChI=1S/C15H13BrN6/c1-9-2-3-11(8-18-9)20-15-19-7-10-6-12(16)14-17-4-5-22(14)13(10)21-15/h2-3,6-8,17H,4-5H2,1H3. The summed E-state index contributed by atoms with van der Waals surface area (Å²) in [5, 5.41) is 3.35. The average molecular weight is 357 g/mol. The Morgan fingerprint density at radius 3 is 3.00 bits per heavy atom. The molecule has 0 fully saturated rings. The Balaban J connectivity index is 1.89. The van der Waals surface area contributed by atoms with Gasteiger partial charge in [-0.05, 0) is 41.1 Å². The molecule has 1 aromatic rings. The molecule has 0 atom stereocenters. The van der Waals surface area contributed by atoms with E-state index in [1.807, 2.05) is 25.1 Å². The van der Waals surface area contributed by atoms with Gasteiger partial charge in [-0.3, -0.25) is 4.98 Å². The second-order valence-corrected chi connectivity index (χ2v) is 5.99. The molecule has 0 bridgehead atoms. The van der Waals surface area contributed by atoms with E-state index in [-0.39, 0.29) is 0 Å². The molecule has 6 nitrogen and oxygen atoms in total. The lowest BCUT2D eigenvalue weighted by molar-refractivity contribution is 0.778. The van der Waals surface area contributed by atoms with Crippen LogP contribution in [0, 0.1) is 6.92 Å². The van der Waals surface area contributed by atoms with Crippen LogP contribution in [0.25, 0.3) is 11.4 Å². The molecule has 0 aromatic carbocycles. The molecule has 22 heavy (non-hydrogen) atoms. The van der Waals surface area contributed by atoms with Gasteiger partial charge in [-0.1, -0.05) is 0 Å². The summed E-state index contributed by atoms with van der Waals surface area (Å²) in [6, 6.07) is 5.86. The summed E-state index contributed by atoms with van der Waals surface area (Å²) in [7, 11) is 0. The molecule has 0 amide bonds. The number of rotatable bonds is 1. The summed E-state index contributed by atoms with van der Waals surface area (Å²) in [4.78, 5) is 17.6. The number of nitrogens with one attached hydrogen (secondary N) is 1. The van der Waals surface area contributed by atoms with Gasteiger partial charge in [0.15, 0.2) is 0 Å². The average Bonchev–Trinajstić information content (AvgIpc) is 3.01. The molecular formula is C15H13BrN6. The minimum Gasteiger partial charge on any atom is -0.369 e. The van der Waals surface area contributed by atoms with Crippen LogP contribution >= 0.6 is 15.9 Å². The SMILES string of the molecule is Cc1ccc(N=c2ncc3cc(Br)c4n(c-3n2)CCN4)cn1. The van der Waals surface area contributed by atoms with Crippen LogP contribution in [-0.2, 0) is 6.54 Å². The first-order chi connectivity index (χ1) is 10.7. The molecule has 0 radical (unpaired) electrons. The van der Waals surface area contributed by atoms with Crippen LogP contribution in [0.3, 0.4) is 0 Å². The molecule has 7 heteroatoms. The van der Waals surface area contributed by atoms with E-state index in [1.54, 1.807) is 12.4 Å². The van der Waals surface area contributed by atoms with Crippen molar-refractivity contribution >= 4 is 27.4 Å². The maximum atomic E-state index is 4.60. The largest absolute Gasteiger partial charge is 0.369 e. The topological polar surface area (TPSA) is 68.0 Å². The highest BCUT2D eigenvalue weighted by molar-refractivity contribution is 9.10. The predicted octanol–water partition coefficient (Wildman–Crippen LogP) is 2.51. The van der Waals surface area contributed by atoms with E-state index in [2.05, 4.69) is 45.8 Å². The lowest BCUT2D eigenvalue weighted by atomic mass is 10.2. The molecule has 1 aromatic heterocycles. The van der Waals surface area contributed by atoms with E-state index in [9.17, 15) is 0 Å². The van der Waals surface area contributed by atoms with Gasteiger partial charge in [-0.2, -0.15) is 4.98 Å². The third-order valence-corrected chi connectivity index (χ3v) is 4.17. The monoisotopic (exact) mass is 356 g/mol. The summed E-state index contributed by atoms with van der Waals surface area (Å²) >= 11 is 3.58. The number of aromatic nitrogens is 4. The summed E-state index contributed by atoms with van der Waals surface area (Å²) in [5.74, 6) is 1.94. The van der Waals surface area contributed by atoms with Gasteiger partial charge in [0.25, 0.3) is 5.62 Å². The smallest absolute Gasteiger partial charge is 0.251 e. The molecule has 0 saturated carbocycles. The number of hydrogen-bond acceptors (Lipinski definition) is 5.